The van der Waals surface area contributed by atoms with Gasteiger partial charge in [-0.2, -0.15) is 0 Å². The molecular formula is C20H19N3O5. The highest BCUT2D eigenvalue weighted by Gasteiger charge is 2.38. The van der Waals surface area contributed by atoms with Gasteiger partial charge < -0.3 is 30.2 Å². The number of hydrogen-bond acceptors (Lipinski definition) is 5. The Labute approximate surface area is 161 Å². The molecule has 2 aromatic carbocycles. The molecule has 0 saturated carbocycles. The maximum absolute atomic E-state index is 13.1. The number of amides is 3. The van der Waals surface area contributed by atoms with Crippen LogP contribution in [0.4, 0.5) is 10.5 Å². The van der Waals surface area contributed by atoms with Gasteiger partial charge in [0.15, 0.2) is 11.5 Å². The number of rotatable bonds is 4. The predicted octanol–water partition coefficient (Wildman–Crippen LogP) is 2.55. The molecule has 2 aliphatic rings. The number of anilines is 1. The summed E-state index contributed by atoms with van der Waals surface area (Å²) in [6.45, 7) is 4.02. The molecule has 2 aliphatic heterocycles. The second kappa shape index (κ2) is 7.15. The number of para-hydroxylation sites is 2. The molecular weight excluding hydrogens is 362 g/mol. The van der Waals surface area contributed by atoms with E-state index in [-0.39, 0.29) is 12.7 Å². The fraction of sp³-hybridized carbons (Fsp3) is 0.200. The van der Waals surface area contributed by atoms with E-state index in [0.29, 0.717) is 34.2 Å². The zero-order valence-electron chi connectivity index (χ0n) is 15.2. The molecule has 1 fully saturated rings. The molecule has 144 valence electrons. The molecule has 4 rings (SSSR count). The quantitative estimate of drug-likeness (QED) is 0.756. The number of ether oxygens (including phenoxy) is 3. The zero-order chi connectivity index (χ0) is 19.7. The van der Waals surface area contributed by atoms with E-state index in [9.17, 15) is 9.59 Å². The molecule has 0 aromatic heterocycles. The first kappa shape index (κ1) is 17.7. The smallest absolute Gasteiger partial charge is 0.319 e. The molecule has 0 spiro atoms. The Kier molecular flexibility index (Phi) is 4.52. The highest BCUT2D eigenvalue weighted by Crippen LogP contribution is 2.38. The molecule has 3 amide bonds. The number of urea groups is 1. The van der Waals surface area contributed by atoms with Crippen LogP contribution in [0.3, 0.4) is 0 Å². The number of carbonyl (C=O) groups excluding carboxylic acids is 2. The summed E-state index contributed by atoms with van der Waals surface area (Å²) >= 11 is 0. The fourth-order valence-corrected chi connectivity index (χ4v) is 3.34. The van der Waals surface area contributed by atoms with Gasteiger partial charge in [0.05, 0.1) is 18.8 Å². The van der Waals surface area contributed by atoms with Crippen LogP contribution in [-0.2, 0) is 4.79 Å². The Balaban J connectivity index is 1.65. The Morgan fingerprint density at radius 1 is 1.21 bits per heavy atom. The number of benzene rings is 2. The van der Waals surface area contributed by atoms with Crippen molar-refractivity contribution in [1.29, 1.82) is 0 Å². The minimum absolute atomic E-state index is 0.141. The van der Waals surface area contributed by atoms with Gasteiger partial charge in [-0.25, -0.2) is 4.79 Å². The molecule has 8 heteroatoms. The fourth-order valence-electron chi connectivity index (χ4n) is 3.34. The number of carbonyl (C=O) groups is 2. The lowest BCUT2D eigenvalue weighted by Crippen LogP contribution is -2.51. The summed E-state index contributed by atoms with van der Waals surface area (Å²) < 4.78 is 16.0. The topological polar surface area (TPSA) is 97.9 Å². The second-order valence-corrected chi connectivity index (χ2v) is 6.38. The van der Waals surface area contributed by atoms with Gasteiger partial charge >= 0.3 is 6.03 Å². The molecule has 0 radical (unpaired) electrons. The first-order valence-corrected chi connectivity index (χ1v) is 8.66. The standard InChI is InChI=1S/C20H19N3O5/c1-11-17(19(24)22-13-5-3-4-6-14(13)26-2)18(23-20(25)21-11)12-7-8-15-16(9-12)28-10-27-15/h3-9,17-18H,1,10H2,2H3,(H,22,24)(H2,21,23,25)/t17-,18-/m1/s1. The minimum Gasteiger partial charge on any atom is -0.495 e. The third-order valence-electron chi connectivity index (χ3n) is 4.67. The van der Waals surface area contributed by atoms with E-state index in [4.69, 9.17) is 14.2 Å². The molecule has 28 heavy (non-hydrogen) atoms. The van der Waals surface area contributed by atoms with Crippen molar-refractivity contribution in [2.75, 3.05) is 19.2 Å². The van der Waals surface area contributed by atoms with Gasteiger partial charge in [-0.3, -0.25) is 4.79 Å². The third-order valence-corrected chi connectivity index (χ3v) is 4.67. The molecule has 3 N–H and O–H groups in total. The summed E-state index contributed by atoms with van der Waals surface area (Å²) in [7, 11) is 1.53. The van der Waals surface area contributed by atoms with Crippen LogP contribution in [0.5, 0.6) is 17.2 Å². The van der Waals surface area contributed by atoms with Gasteiger partial charge in [0.25, 0.3) is 0 Å². The molecule has 1 saturated heterocycles. The average molecular weight is 381 g/mol. The lowest BCUT2D eigenvalue weighted by Gasteiger charge is -2.34. The van der Waals surface area contributed by atoms with Gasteiger partial charge in [-0.1, -0.05) is 24.8 Å². The Hall–Kier alpha value is -3.68. The average Bonchev–Trinajstić information content (AvgIpc) is 3.15. The molecule has 2 atom stereocenters. The second-order valence-electron chi connectivity index (χ2n) is 6.38. The summed E-state index contributed by atoms with van der Waals surface area (Å²) in [5.74, 6) is 0.652. The van der Waals surface area contributed by atoms with Crippen LogP contribution >= 0.6 is 0 Å². The van der Waals surface area contributed by atoms with Crippen molar-refractivity contribution in [3.8, 4) is 17.2 Å². The Bertz CT molecular complexity index is 959. The molecule has 0 bridgehead atoms. The van der Waals surface area contributed by atoms with Crippen molar-refractivity contribution >= 4 is 17.6 Å². The lowest BCUT2D eigenvalue weighted by atomic mass is 9.88. The van der Waals surface area contributed by atoms with E-state index in [1.165, 1.54) is 7.11 Å². The summed E-state index contributed by atoms with van der Waals surface area (Å²) in [4.78, 5) is 25.1. The molecule has 2 aromatic rings. The predicted molar refractivity (Wildman–Crippen MR) is 101 cm³/mol. The highest BCUT2D eigenvalue weighted by atomic mass is 16.7. The van der Waals surface area contributed by atoms with Crippen molar-refractivity contribution in [1.82, 2.24) is 10.6 Å². The van der Waals surface area contributed by atoms with Gasteiger partial charge in [0.2, 0.25) is 12.7 Å². The summed E-state index contributed by atoms with van der Waals surface area (Å²) in [6, 6.07) is 11.4. The monoisotopic (exact) mass is 381 g/mol. The van der Waals surface area contributed by atoms with E-state index in [2.05, 4.69) is 22.5 Å². The first-order valence-electron chi connectivity index (χ1n) is 8.66. The zero-order valence-corrected chi connectivity index (χ0v) is 15.2. The number of nitrogens with one attached hydrogen (secondary N) is 3. The first-order chi connectivity index (χ1) is 13.6. The molecule has 0 aliphatic carbocycles. The highest BCUT2D eigenvalue weighted by molar-refractivity contribution is 5.98. The minimum atomic E-state index is -0.747. The van der Waals surface area contributed by atoms with Gasteiger partial charge in [0, 0.05) is 5.70 Å². The normalized spacial score (nSPS) is 20.2. The van der Waals surface area contributed by atoms with Crippen LogP contribution in [0, 0.1) is 5.92 Å². The SMILES string of the molecule is C=C1NC(=O)N[C@H](c2ccc3c(c2)OCO3)[C@@H]1C(=O)Nc1ccccc1OC. The van der Waals surface area contributed by atoms with Crippen LogP contribution < -0.4 is 30.2 Å². The van der Waals surface area contributed by atoms with Crippen molar-refractivity contribution in [3.05, 3.63) is 60.3 Å². The maximum Gasteiger partial charge on any atom is 0.319 e. The largest absolute Gasteiger partial charge is 0.495 e. The van der Waals surface area contributed by atoms with E-state index in [0.717, 1.165) is 0 Å². The van der Waals surface area contributed by atoms with Crippen LogP contribution in [0.15, 0.2) is 54.7 Å². The maximum atomic E-state index is 13.1. The third kappa shape index (κ3) is 3.20. The molecule has 2 heterocycles. The number of hydrogen-bond donors (Lipinski definition) is 3. The molecule has 0 unspecified atom stereocenters. The van der Waals surface area contributed by atoms with E-state index in [1.54, 1.807) is 36.4 Å². The van der Waals surface area contributed by atoms with Crippen LogP contribution in [-0.4, -0.2) is 25.8 Å². The van der Waals surface area contributed by atoms with Gasteiger partial charge in [-0.15, -0.1) is 0 Å². The van der Waals surface area contributed by atoms with Crippen molar-refractivity contribution in [2.24, 2.45) is 5.92 Å². The summed E-state index contributed by atoms with van der Waals surface area (Å²) in [5.41, 5.74) is 1.54. The van der Waals surface area contributed by atoms with E-state index < -0.39 is 18.0 Å². The van der Waals surface area contributed by atoms with Gasteiger partial charge in [0.1, 0.15) is 11.7 Å². The van der Waals surface area contributed by atoms with E-state index >= 15 is 0 Å². The Morgan fingerprint density at radius 2 is 2.00 bits per heavy atom. The van der Waals surface area contributed by atoms with Crippen LogP contribution in [0.2, 0.25) is 0 Å². The Morgan fingerprint density at radius 3 is 2.82 bits per heavy atom. The summed E-state index contributed by atoms with van der Waals surface area (Å²) in [6.07, 6.45) is 0. The van der Waals surface area contributed by atoms with Crippen molar-refractivity contribution < 1.29 is 23.8 Å². The van der Waals surface area contributed by atoms with Crippen molar-refractivity contribution in [2.45, 2.75) is 6.04 Å². The number of methoxy groups -OCH3 is 1. The van der Waals surface area contributed by atoms with Crippen LogP contribution in [0.25, 0.3) is 0 Å². The van der Waals surface area contributed by atoms with Crippen molar-refractivity contribution in [3.63, 3.8) is 0 Å². The van der Waals surface area contributed by atoms with Crippen LogP contribution in [0.1, 0.15) is 11.6 Å². The number of fused-ring (bicyclic) bond motifs is 1. The van der Waals surface area contributed by atoms with Gasteiger partial charge in [-0.05, 0) is 29.8 Å². The van der Waals surface area contributed by atoms with E-state index in [1.807, 2.05) is 6.07 Å². The summed E-state index contributed by atoms with van der Waals surface area (Å²) in [5, 5.41) is 8.24. The molecule has 8 nitrogen and oxygen atoms in total. The lowest BCUT2D eigenvalue weighted by molar-refractivity contribution is -0.119.